The van der Waals surface area contributed by atoms with Crippen LogP contribution < -0.4 is 4.74 Å². The Morgan fingerprint density at radius 2 is 2.31 bits per heavy atom. The monoisotopic (exact) mass is 197 g/mol. The van der Waals surface area contributed by atoms with E-state index < -0.39 is 0 Å². The number of rotatable bonds is 2. The van der Waals surface area contributed by atoms with E-state index in [0.717, 1.165) is 0 Å². The van der Waals surface area contributed by atoms with Gasteiger partial charge >= 0.3 is 0 Å². The maximum absolute atomic E-state index is 6.13. The van der Waals surface area contributed by atoms with Gasteiger partial charge in [0.15, 0.2) is 0 Å². The van der Waals surface area contributed by atoms with E-state index in [1.807, 2.05) is 6.07 Å². The molecule has 0 spiro atoms. The minimum absolute atomic E-state index is 0.547. The molecule has 3 heteroatoms. The third kappa shape index (κ3) is 1.51. The van der Waals surface area contributed by atoms with Gasteiger partial charge < -0.3 is 4.74 Å². The molecule has 1 aromatic rings. The standard InChI is InChI=1S/C10H12ClNO/c1-13-10-9(11)8(5-6-12-10)7-3-2-4-7/h5-7H,2-4H2,1H3. The molecule has 1 aromatic heterocycles. The molecular formula is C10H12ClNO. The minimum Gasteiger partial charge on any atom is -0.480 e. The normalized spacial score (nSPS) is 16.8. The van der Waals surface area contributed by atoms with Gasteiger partial charge in [0.2, 0.25) is 5.88 Å². The van der Waals surface area contributed by atoms with Gasteiger partial charge in [-0.2, -0.15) is 0 Å². The maximum Gasteiger partial charge on any atom is 0.232 e. The van der Waals surface area contributed by atoms with E-state index >= 15 is 0 Å². The topological polar surface area (TPSA) is 22.1 Å². The van der Waals surface area contributed by atoms with Gasteiger partial charge in [-0.1, -0.05) is 18.0 Å². The molecule has 0 unspecified atom stereocenters. The van der Waals surface area contributed by atoms with Gasteiger partial charge in [0.05, 0.1) is 7.11 Å². The predicted molar refractivity (Wildman–Crippen MR) is 52.4 cm³/mol. The minimum atomic E-state index is 0.547. The van der Waals surface area contributed by atoms with Crippen LogP contribution in [0.1, 0.15) is 30.7 Å². The average molecular weight is 198 g/mol. The van der Waals surface area contributed by atoms with Crippen molar-refractivity contribution in [1.29, 1.82) is 0 Å². The fraction of sp³-hybridized carbons (Fsp3) is 0.500. The highest BCUT2D eigenvalue weighted by molar-refractivity contribution is 6.32. The molecule has 70 valence electrons. The Morgan fingerprint density at radius 3 is 2.85 bits per heavy atom. The molecule has 0 aromatic carbocycles. The summed E-state index contributed by atoms with van der Waals surface area (Å²) >= 11 is 6.13. The predicted octanol–water partition coefficient (Wildman–Crippen LogP) is 3.01. The van der Waals surface area contributed by atoms with E-state index in [1.54, 1.807) is 13.3 Å². The van der Waals surface area contributed by atoms with Crippen molar-refractivity contribution in [2.24, 2.45) is 0 Å². The molecule has 0 N–H and O–H groups in total. The second-order valence-corrected chi connectivity index (χ2v) is 3.73. The molecule has 0 atom stereocenters. The van der Waals surface area contributed by atoms with Crippen molar-refractivity contribution in [3.05, 3.63) is 22.8 Å². The van der Waals surface area contributed by atoms with Crippen molar-refractivity contribution >= 4 is 11.6 Å². The zero-order chi connectivity index (χ0) is 9.26. The van der Waals surface area contributed by atoms with E-state index in [9.17, 15) is 0 Å². The van der Waals surface area contributed by atoms with E-state index in [0.29, 0.717) is 16.8 Å². The summed E-state index contributed by atoms with van der Waals surface area (Å²) in [5, 5.41) is 0.690. The molecule has 0 aliphatic heterocycles. The zero-order valence-electron chi connectivity index (χ0n) is 7.59. The van der Waals surface area contributed by atoms with Crippen molar-refractivity contribution in [1.82, 2.24) is 4.98 Å². The van der Waals surface area contributed by atoms with Crippen LogP contribution in [-0.4, -0.2) is 12.1 Å². The number of nitrogens with zero attached hydrogens (tertiary/aromatic N) is 1. The highest BCUT2D eigenvalue weighted by Crippen LogP contribution is 2.41. The summed E-state index contributed by atoms with van der Waals surface area (Å²) in [5.41, 5.74) is 1.19. The first kappa shape index (κ1) is 8.82. The van der Waals surface area contributed by atoms with E-state index in [2.05, 4.69) is 4.98 Å². The lowest BCUT2D eigenvalue weighted by molar-refractivity contribution is 0.389. The third-order valence-corrected chi connectivity index (χ3v) is 3.01. The van der Waals surface area contributed by atoms with Crippen LogP contribution in [0.2, 0.25) is 5.02 Å². The largest absolute Gasteiger partial charge is 0.480 e. The molecule has 1 aliphatic carbocycles. The Bertz CT molecular complexity index is 310. The maximum atomic E-state index is 6.13. The highest BCUT2D eigenvalue weighted by Gasteiger charge is 2.23. The molecular weight excluding hydrogens is 186 g/mol. The number of pyridine rings is 1. The smallest absolute Gasteiger partial charge is 0.232 e. The van der Waals surface area contributed by atoms with Crippen molar-refractivity contribution in [3.63, 3.8) is 0 Å². The van der Waals surface area contributed by atoms with Gasteiger partial charge in [-0.05, 0) is 30.4 Å². The molecule has 0 saturated heterocycles. The first-order valence-electron chi connectivity index (χ1n) is 4.51. The molecule has 1 aliphatic rings. The Morgan fingerprint density at radius 1 is 1.54 bits per heavy atom. The number of aromatic nitrogens is 1. The van der Waals surface area contributed by atoms with Crippen LogP contribution >= 0.6 is 11.6 Å². The number of hydrogen-bond donors (Lipinski definition) is 0. The van der Waals surface area contributed by atoms with E-state index in [-0.39, 0.29) is 0 Å². The molecule has 0 radical (unpaired) electrons. The number of methoxy groups -OCH3 is 1. The Hall–Kier alpha value is -0.760. The van der Waals surface area contributed by atoms with Crippen molar-refractivity contribution < 1.29 is 4.74 Å². The van der Waals surface area contributed by atoms with Gasteiger partial charge in [-0.25, -0.2) is 4.98 Å². The van der Waals surface area contributed by atoms with Gasteiger partial charge in [-0.3, -0.25) is 0 Å². The Labute approximate surface area is 82.9 Å². The first-order chi connectivity index (χ1) is 6.33. The van der Waals surface area contributed by atoms with Gasteiger partial charge in [-0.15, -0.1) is 0 Å². The molecule has 2 rings (SSSR count). The van der Waals surface area contributed by atoms with Crippen molar-refractivity contribution in [2.75, 3.05) is 7.11 Å². The number of ether oxygens (including phenoxy) is 1. The molecule has 2 nitrogen and oxygen atoms in total. The Balaban J connectivity index is 2.33. The first-order valence-corrected chi connectivity index (χ1v) is 4.89. The zero-order valence-corrected chi connectivity index (χ0v) is 8.34. The van der Waals surface area contributed by atoms with Crippen LogP contribution in [-0.2, 0) is 0 Å². The average Bonchev–Trinajstić information content (AvgIpc) is 2.05. The molecule has 0 bridgehead atoms. The summed E-state index contributed by atoms with van der Waals surface area (Å²) in [6.07, 6.45) is 5.56. The van der Waals surface area contributed by atoms with Gasteiger partial charge in [0.1, 0.15) is 5.02 Å². The molecule has 1 fully saturated rings. The Kier molecular flexibility index (Phi) is 2.40. The summed E-state index contributed by atoms with van der Waals surface area (Å²) in [4.78, 5) is 4.04. The molecule has 1 saturated carbocycles. The molecule has 13 heavy (non-hydrogen) atoms. The SMILES string of the molecule is COc1nccc(C2CCC2)c1Cl. The second kappa shape index (κ2) is 3.54. The summed E-state index contributed by atoms with van der Waals surface area (Å²) in [6, 6.07) is 1.99. The fourth-order valence-corrected chi connectivity index (χ4v) is 1.96. The summed E-state index contributed by atoms with van der Waals surface area (Å²) in [7, 11) is 1.60. The molecule has 0 amide bonds. The van der Waals surface area contributed by atoms with Gasteiger partial charge in [0, 0.05) is 6.20 Å². The number of halogens is 1. The highest BCUT2D eigenvalue weighted by atomic mass is 35.5. The van der Waals surface area contributed by atoms with Crippen LogP contribution in [0.4, 0.5) is 0 Å². The van der Waals surface area contributed by atoms with Crippen LogP contribution in [0.5, 0.6) is 5.88 Å². The third-order valence-electron chi connectivity index (χ3n) is 2.63. The lowest BCUT2D eigenvalue weighted by atomic mass is 9.80. The van der Waals surface area contributed by atoms with Crippen LogP contribution in [0, 0.1) is 0 Å². The lowest BCUT2D eigenvalue weighted by Gasteiger charge is -2.26. The summed E-state index contributed by atoms with van der Waals surface area (Å²) < 4.78 is 5.06. The summed E-state index contributed by atoms with van der Waals surface area (Å²) in [5.74, 6) is 1.18. The van der Waals surface area contributed by atoms with Crippen LogP contribution in [0.15, 0.2) is 12.3 Å². The fourth-order valence-electron chi connectivity index (χ4n) is 1.62. The molecule has 1 heterocycles. The van der Waals surface area contributed by atoms with Crippen molar-refractivity contribution in [2.45, 2.75) is 25.2 Å². The van der Waals surface area contributed by atoms with Gasteiger partial charge in [0.25, 0.3) is 0 Å². The second-order valence-electron chi connectivity index (χ2n) is 3.35. The van der Waals surface area contributed by atoms with E-state index in [4.69, 9.17) is 16.3 Å². The van der Waals surface area contributed by atoms with E-state index in [1.165, 1.54) is 24.8 Å². The van der Waals surface area contributed by atoms with Crippen molar-refractivity contribution in [3.8, 4) is 5.88 Å². The quantitative estimate of drug-likeness (QED) is 0.727. The summed E-state index contributed by atoms with van der Waals surface area (Å²) in [6.45, 7) is 0. The van der Waals surface area contributed by atoms with Crippen LogP contribution in [0.25, 0.3) is 0 Å². The van der Waals surface area contributed by atoms with Crippen LogP contribution in [0.3, 0.4) is 0 Å². The number of hydrogen-bond acceptors (Lipinski definition) is 2. The lowest BCUT2D eigenvalue weighted by Crippen LogP contribution is -2.09.